The minimum absolute atomic E-state index is 0.0314. The first-order chi connectivity index (χ1) is 12.7. The Morgan fingerprint density at radius 3 is 2.37 bits per heavy atom. The molecule has 7 nitrogen and oxygen atoms in total. The molecule has 1 N–H and O–H groups in total. The van der Waals surface area contributed by atoms with E-state index in [0.717, 1.165) is 0 Å². The number of amides is 3. The van der Waals surface area contributed by atoms with Crippen molar-refractivity contribution in [1.29, 1.82) is 0 Å². The van der Waals surface area contributed by atoms with E-state index in [-0.39, 0.29) is 23.9 Å². The lowest BCUT2D eigenvalue weighted by Gasteiger charge is -2.23. The lowest BCUT2D eigenvalue weighted by atomic mass is 10.2. The Kier molecular flexibility index (Phi) is 6.76. The lowest BCUT2D eigenvalue weighted by Crippen LogP contribution is -2.43. The van der Waals surface area contributed by atoms with Gasteiger partial charge in [-0.3, -0.25) is 9.59 Å². The summed E-state index contributed by atoms with van der Waals surface area (Å²) in [5.41, 5.74) is -0.604. The van der Waals surface area contributed by atoms with Gasteiger partial charge in [0.25, 0.3) is 5.91 Å². The van der Waals surface area contributed by atoms with E-state index >= 15 is 0 Å². The van der Waals surface area contributed by atoms with E-state index in [1.54, 1.807) is 36.6 Å². The Balaban J connectivity index is 1.87. The van der Waals surface area contributed by atoms with Crippen LogP contribution in [0.4, 0.5) is 9.18 Å². The molecule has 0 radical (unpaired) electrons. The molecule has 1 saturated heterocycles. The predicted molar refractivity (Wildman–Crippen MR) is 97.7 cm³/mol. The number of carbonyl (C=O) groups is 3. The quantitative estimate of drug-likeness (QED) is 0.872. The van der Waals surface area contributed by atoms with Crippen molar-refractivity contribution in [2.75, 3.05) is 32.7 Å². The molecule has 0 bridgehead atoms. The molecule has 1 aromatic carbocycles. The molecule has 1 aliphatic rings. The highest BCUT2D eigenvalue weighted by Gasteiger charge is 2.25. The predicted octanol–water partition coefficient (Wildman–Crippen LogP) is 2.02. The third-order valence-corrected chi connectivity index (χ3v) is 4.02. The van der Waals surface area contributed by atoms with E-state index in [9.17, 15) is 18.8 Å². The summed E-state index contributed by atoms with van der Waals surface area (Å²) in [5, 5.41) is 2.44. The van der Waals surface area contributed by atoms with Gasteiger partial charge in [-0.1, -0.05) is 12.1 Å². The largest absolute Gasteiger partial charge is 0.444 e. The molecule has 0 saturated carbocycles. The van der Waals surface area contributed by atoms with Crippen molar-refractivity contribution in [1.82, 2.24) is 15.1 Å². The normalized spacial score (nSPS) is 15.1. The number of carbonyl (C=O) groups excluding carboxylic acids is 3. The van der Waals surface area contributed by atoms with Crippen molar-refractivity contribution in [3.8, 4) is 0 Å². The van der Waals surface area contributed by atoms with Crippen LogP contribution < -0.4 is 5.32 Å². The van der Waals surface area contributed by atoms with Gasteiger partial charge >= 0.3 is 6.09 Å². The monoisotopic (exact) mass is 379 g/mol. The number of benzene rings is 1. The van der Waals surface area contributed by atoms with E-state index in [1.807, 2.05) is 0 Å². The molecule has 0 spiro atoms. The minimum Gasteiger partial charge on any atom is -0.444 e. The average Bonchev–Trinajstić information content (AvgIpc) is 2.84. The van der Waals surface area contributed by atoms with Crippen molar-refractivity contribution in [3.05, 3.63) is 35.6 Å². The summed E-state index contributed by atoms with van der Waals surface area (Å²) in [5.74, 6) is -1.18. The molecule has 3 amide bonds. The van der Waals surface area contributed by atoms with Crippen molar-refractivity contribution >= 4 is 17.9 Å². The standard InChI is InChI=1S/C19H26FN3O4/c1-19(2,3)27-18(26)21-13-16(24)22-9-6-10-23(12-11-22)17(25)14-7-4-5-8-15(14)20/h4-5,7-8H,6,9-13H2,1-3H3,(H,21,26). The second kappa shape index (κ2) is 8.83. The van der Waals surface area contributed by atoms with Crippen LogP contribution in [0.3, 0.4) is 0 Å². The topological polar surface area (TPSA) is 79.0 Å². The third kappa shape index (κ3) is 6.23. The smallest absolute Gasteiger partial charge is 0.408 e. The second-order valence-electron chi connectivity index (χ2n) is 7.36. The Morgan fingerprint density at radius 2 is 1.70 bits per heavy atom. The molecular weight excluding hydrogens is 353 g/mol. The van der Waals surface area contributed by atoms with Crippen molar-refractivity contribution in [2.45, 2.75) is 32.8 Å². The molecule has 1 aromatic rings. The molecular formula is C19H26FN3O4. The van der Waals surface area contributed by atoms with Gasteiger partial charge in [0.1, 0.15) is 18.0 Å². The first-order valence-corrected chi connectivity index (χ1v) is 8.96. The summed E-state index contributed by atoms with van der Waals surface area (Å²) in [6.07, 6.45) is -0.0692. The van der Waals surface area contributed by atoms with Gasteiger partial charge in [0, 0.05) is 26.2 Å². The summed E-state index contributed by atoms with van der Waals surface area (Å²) in [7, 11) is 0. The number of rotatable bonds is 3. The lowest BCUT2D eigenvalue weighted by molar-refractivity contribution is -0.130. The Morgan fingerprint density at radius 1 is 1.07 bits per heavy atom. The number of ether oxygens (including phenoxy) is 1. The van der Waals surface area contributed by atoms with Crippen molar-refractivity contribution in [3.63, 3.8) is 0 Å². The number of nitrogens with zero attached hydrogens (tertiary/aromatic N) is 2. The molecule has 0 atom stereocenters. The SMILES string of the molecule is CC(C)(C)OC(=O)NCC(=O)N1CCCN(C(=O)c2ccccc2F)CC1. The van der Waals surface area contributed by atoms with Crippen LogP contribution in [-0.2, 0) is 9.53 Å². The average molecular weight is 379 g/mol. The molecule has 1 heterocycles. The van der Waals surface area contributed by atoms with Crippen LogP contribution in [0.5, 0.6) is 0 Å². The van der Waals surface area contributed by atoms with Gasteiger partial charge in [0.05, 0.1) is 5.56 Å². The highest BCUT2D eigenvalue weighted by molar-refractivity contribution is 5.94. The van der Waals surface area contributed by atoms with Crippen LogP contribution in [0.2, 0.25) is 0 Å². The van der Waals surface area contributed by atoms with Gasteiger partial charge in [0.2, 0.25) is 5.91 Å². The van der Waals surface area contributed by atoms with Gasteiger partial charge < -0.3 is 19.9 Å². The fraction of sp³-hybridized carbons (Fsp3) is 0.526. The van der Waals surface area contributed by atoms with Gasteiger partial charge in [-0.05, 0) is 39.3 Å². The summed E-state index contributed by atoms with van der Waals surface area (Å²) in [4.78, 5) is 39.6. The molecule has 8 heteroatoms. The van der Waals surface area contributed by atoms with E-state index in [2.05, 4.69) is 5.32 Å². The number of nitrogens with one attached hydrogen (secondary N) is 1. The van der Waals surface area contributed by atoms with Gasteiger partial charge in [-0.15, -0.1) is 0 Å². The highest BCUT2D eigenvalue weighted by Crippen LogP contribution is 2.13. The van der Waals surface area contributed by atoms with E-state index < -0.39 is 17.5 Å². The minimum atomic E-state index is -0.651. The number of halogens is 1. The second-order valence-corrected chi connectivity index (χ2v) is 7.36. The van der Waals surface area contributed by atoms with Gasteiger partial charge in [-0.25, -0.2) is 9.18 Å². The fourth-order valence-corrected chi connectivity index (χ4v) is 2.75. The maximum Gasteiger partial charge on any atom is 0.408 e. The molecule has 0 aromatic heterocycles. The Hall–Kier alpha value is -2.64. The fourth-order valence-electron chi connectivity index (χ4n) is 2.75. The summed E-state index contributed by atoms with van der Waals surface area (Å²) >= 11 is 0. The first-order valence-electron chi connectivity index (χ1n) is 8.96. The molecule has 148 valence electrons. The highest BCUT2D eigenvalue weighted by atomic mass is 19.1. The van der Waals surface area contributed by atoms with E-state index in [1.165, 1.54) is 18.2 Å². The Bertz CT molecular complexity index is 702. The molecule has 27 heavy (non-hydrogen) atoms. The summed E-state index contributed by atoms with van der Waals surface area (Å²) in [6, 6.07) is 5.86. The summed E-state index contributed by atoms with van der Waals surface area (Å²) < 4.78 is 18.9. The third-order valence-electron chi connectivity index (χ3n) is 4.02. The zero-order valence-electron chi connectivity index (χ0n) is 16.0. The van der Waals surface area contributed by atoms with E-state index in [4.69, 9.17) is 4.74 Å². The van der Waals surface area contributed by atoms with Crippen LogP contribution in [-0.4, -0.2) is 66.0 Å². The Labute approximate surface area is 158 Å². The zero-order chi connectivity index (χ0) is 20.0. The maximum atomic E-state index is 13.8. The molecule has 1 aliphatic heterocycles. The van der Waals surface area contributed by atoms with Crippen LogP contribution in [0.15, 0.2) is 24.3 Å². The van der Waals surface area contributed by atoms with Crippen molar-refractivity contribution in [2.24, 2.45) is 0 Å². The molecule has 2 rings (SSSR count). The first kappa shape index (κ1) is 20.7. The number of alkyl carbamates (subject to hydrolysis) is 1. The van der Waals surface area contributed by atoms with E-state index in [0.29, 0.717) is 32.6 Å². The molecule has 0 aliphatic carbocycles. The van der Waals surface area contributed by atoms with Crippen LogP contribution in [0.25, 0.3) is 0 Å². The van der Waals surface area contributed by atoms with Crippen molar-refractivity contribution < 1.29 is 23.5 Å². The van der Waals surface area contributed by atoms with Crippen LogP contribution in [0.1, 0.15) is 37.6 Å². The van der Waals surface area contributed by atoms with Gasteiger partial charge in [-0.2, -0.15) is 0 Å². The van der Waals surface area contributed by atoms with Crippen LogP contribution >= 0.6 is 0 Å². The molecule has 1 fully saturated rings. The molecule has 0 unspecified atom stereocenters. The maximum absolute atomic E-state index is 13.8. The summed E-state index contributed by atoms with van der Waals surface area (Å²) in [6.45, 7) is 6.60. The van der Waals surface area contributed by atoms with Gasteiger partial charge in [0.15, 0.2) is 0 Å². The number of hydrogen-bond donors (Lipinski definition) is 1. The van der Waals surface area contributed by atoms with Crippen LogP contribution in [0, 0.1) is 5.82 Å². The number of hydrogen-bond acceptors (Lipinski definition) is 4. The zero-order valence-corrected chi connectivity index (χ0v) is 16.0.